The van der Waals surface area contributed by atoms with Crippen molar-refractivity contribution in [2.24, 2.45) is 4.99 Å². The standard InChI is InChI=1S/C26H28ClN3O4S/c1-4-30-25(32)23(16-19-14-20(27)8-9-22(19)34-17(2)3)35-26(30)28-21-7-5-6-18(15-21)24(31)29-10-12-33-13-11-29/h5-9,14-17H,4,10-13H2,1-3H3/b23-16+,28-26?. The van der Waals surface area contributed by atoms with E-state index in [-0.39, 0.29) is 17.9 Å². The van der Waals surface area contributed by atoms with E-state index in [4.69, 9.17) is 26.1 Å². The molecule has 0 atom stereocenters. The van der Waals surface area contributed by atoms with Gasteiger partial charge in [0.15, 0.2) is 5.17 Å². The summed E-state index contributed by atoms with van der Waals surface area (Å²) in [4.78, 5) is 34.7. The highest BCUT2D eigenvalue weighted by Crippen LogP contribution is 2.36. The number of benzene rings is 2. The molecule has 2 saturated heterocycles. The zero-order valence-electron chi connectivity index (χ0n) is 20.0. The Morgan fingerprint density at radius 1 is 1.23 bits per heavy atom. The molecule has 0 spiro atoms. The molecule has 2 fully saturated rings. The SMILES string of the molecule is CCN1C(=O)/C(=C\c2cc(Cl)ccc2OC(C)C)SC1=Nc1cccc(C(=O)N2CCOCC2)c1. The Kier molecular flexibility index (Phi) is 8.15. The monoisotopic (exact) mass is 513 g/mol. The molecular formula is C26H28ClN3O4S. The second kappa shape index (κ2) is 11.3. The molecule has 0 aliphatic carbocycles. The molecule has 35 heavy (non-hydrogen) atoms. The predicted octanol–water partition coefficient (Wildman–Crippen LogP) is 5.22. The van der Waals surface area contributed by atoms with E-state index >= 15 is 0 Å². The fourth-order valence-corrected chi connectivity index (χ4v) is 5.01. The smallest absolute Gasteiger partial charge is 0.266 e. The van der Waals surface area contributed by atoms with Crippen molar-refractivity contribution in [2.75, 3.05) is 32.8 Å². The maximum absolute atomic E-state index is 13.2. The van der Waals surface area contributed by atoms with Crippen molar-refractivity contribution in [2.45, 2.75) is 26.9 Å². The molecule has 4 rings (SSSR count). The minimum absolute atomic E-state index is 0.0167. The molecule has 0 saturated carbocycles. The lowest BCUT2D eigenvalue weighted by molar-refractivity contribution is -0.122. The first-order valence-electron chi connectivity index (χ1n) is 11.6. The summed E-state index contributed by atoms with van der Waals surface area (Å²) in [6, 6.07) is 12.5. The molecule has 7 nitrogen and oxygen atoms in total. The highest BCUT2D eigenvalue weighted by atomic mass is 35.5. The van der Waals surface area contributed by atoms with Crippen LogP contribution in [0.25, 0.3) is 6.08 Å². The number of amides is 2. The van der Waals surface area contributed by atoms with E-state index in [0.717, 1.165) is 5.56 Å². The zero-order valence-corrected chi connectivity index (χ0v) is 21.6. The molecular weight excluding hydrogens is 486 g/mol. The summed E-state index contributed by atoms with van der Waals surface area (Å²) in [6.07, 6.45) is 1.78. The van der Waals surface area contributed by atoms with Crippen LogP contribution in [0.3, 0.4) is 0 Å². The van der Waals surface area contributed by atoms with Crippen LogP contribution in [0.5, 0.6) is 5.75 Å². The van der Waals surface area contributed by atoms with E-state index in [1.165, 1.54) is 11.8 Å². The van der Waals surface area contributed by atoms with Gasteiger partial charge in [-0.1, -0.05) is 17.7 Å². The molecule has 9 heteroatoms. The Morgan fingerprint density at radius 3 is 2.71 bits per heavy atom. The van der Waals surface area contributed by atoms with Gasteiger partial charge in [0.1, 0.15) is 5.75 Å². The summed E-state index contributed by atoms with van der Waals surface area (Å²) in [7, 11) is 0. The number of amidine groups is 1. The summed E-state index contributed by atoms with van der Waals surface area (Å²) >= 11 is 7.51. The number of morpholine rings is 1. The fraction of sp³-hybridized carbons (Fsp3) is 0.346. The maximum atomic E-state index is 13.2. The molecule has 2 aromatic rings. The third kappa shape index (κ3) is 6.07. The van der Waals surface area contributed by atoms with Gasteiger partial charge in [-0.25, -0.2) is 4.99 Å². The summed E-state index contributed by atoms with van der Waals surface area (Å²) in [5.41, 5.74) is 1.92. The second-order valence-corrected chi connectivity index (χ2v) is 9.80. The van der Waals surface area contributed by atoms with Gasteiger partial charge in [0, 0.05) is 35.8 Å². The van der Waals surface area contributed by atoms with Crippen LogP contribution in [-0.2, 0) is 9.53 Å². The quantitative estimate of drug-likeness (QED) is 0.495. The first kappa shape index (κ1) is 25.3. The van der Waals surface area contributed by atoms with Gasteiger partial charge < -0.3 is 14.4 Å². The summed E-state index contributed by atoms with van der Waals surface area (Å²) in [6.45, 7) is 8.51. The lowest BCUT2D eigenvalue weighted by Gasteiger charge is -2.26. The average molecular weight is 514 g/mol. The van der Waals surface area contributed by atoms with Gasteiger partial charge in [0.2, 0.25) is 0 Å². The molecule has 0 unspecified atom stereocenters. The van der Waals surface area contributed by atoms with Crippen molar-refractivity contribution in [3.05, 3.63) is 63.5 Å². The second-order valence-electron chi connectivity index (χ2n) is 8.36. The minimum atomic E-state index is -0.132. The van der Waals surface area contributed by atoms with Gasteiger partial charge in [-0.3, -0.25) is 14.5 Å². The number of hydrogen-bond donors (Lipinski definition) is 0. The number of ether oxygens (including phenoxy) is 2. The number of carbonyl (C=O) groups excluding carboxylic acids is 2. The van der Waals surface area contributed by atoms with Gasteiger partial charge >= 0.3 is 0 Å². The summed E-state index contributed by atoms with van der Waals surface area (Å²) in [5, 5.41) is 1.12. The molecule has 0 aromatic heterocycles. The first-order chi connectivity index (χ1) is 16.9. The van der Waals surface area contributed by atoms with Crippen LogP contribution in [0.1, 0.15) is 36.7 Å². The third-order valence-electron chi connectivity index (χ3n) is 5.44. The molecule has 2 aromatic carbocycles. The van der Waals surface area contributed by atoms with Crippen molar-refractivity contribution in [3.8, 4) is 5.75 Å². The average Bonchev–Trinajstić information content (AvgIpc) is 3.14. The van der Waals surface area contributed by atoms with Crippen molar-refractivity contribution < 1.29 is 19.1 Å². The lowest BCUT2D eigenvalue weighted by atomic mass is 10.1. The predicted molar refractivity (Wildman–Crippen MR) is 140 cm³/mol. The van der Waals surface area contributed by atoms with E-state index in [1.54, 1.807) is 40.1 Å². The highest BCUT2D eigenvalue weighted by molar-refractivity contribution is 8.18. The molecule has 2 heterocycles. The van der Waals surface area contributed by atoms with Crippen molar-refractivity contribution in [1.29, 1.82) is 0 Å². The number of aliphatic imine (C=N–C) groups is 1. The van der Waals surface area contributed by atoms with Crippen LogP contribution >= 0.6 is 23.4 Å². The highest BCUT2D eigenvalue weighted by Gasteiger charge is 2.32. The Bertz CT molecular complexity index is 1170. The van der Waals surface area contributed by atoms with Crippen LogP contribution in [-0.4, -0.2) is 65.7 Å². The molecule has 2 amide bonds. The van der Waals surface area contributed by atoms with E-state index < -0.39 is 0 Å². The van der Waals surface area contributed by atoms with Crippen LogP contribution in [0, 0.1) is 0 Å². The largest absolute Gasteiger partial charge is 0.490 e. The molecule has 0 N–H and O–H groups in total. The van der Waals surface area contributed by atoms with Gasteiger partial charge in [0.25, 0.3) is 11.8 Å². The normalized spacial score (nSPS) is 18.7. The van der Waals surface area contributed by atoms with Crippen LogP contribution in [0.4, 0.5) is 5.69 Å². The van der Waals surface area contributed by atoms with E-state index in [9.17, 15) is 9.59 Å². The number of nitrogens with zero attached hydrogens (tertiary/aromatic N) is 3. The van der Waals surface area contributed by atoms with Crippen molar-refractivity contribution >= 4 is 52.1 Å². The van der Waals surface area contributed by atoms with E-state index in [0.29, 0.717) is 64.9 Å². The van der Waals surface area contributed by atoms with Gasteiger partial charge in [0.05, 0.1) is 29.9 Å². The number of rotatable bonds is 6. The number of thioether (sulfide) groups is 1. The van der Waals surface area contributed by atoms with Gasteiger partial charge in [-0.2, -0.15) is 0 Å². The molecule has 184 valence electrons. The topological polar surface area (TPSA) is 71.4 Å². The molecule has 0 bridgehead atoms. The number of halogens is 1. The fourth-order valence-electron chi connectivity index (χ4n) is 3.77. The Balaban J connectivity index is 1.61. The van der Waals surface area contributed by atoms with Gasteiger partial charge in [-0.05, 0) is 75.0 Å². The third-order valence-corrected chi connectivity index (χ3v) is 6.68. The van der Waals surface area contributed by atoms with Crippen LogP contribution < -0.4 is 4.74 Å². The Morgan fingerprint density at radius 2 is 2.00 bits per heavy atom. The van der Waals surface area contributed by atoms with Crippen molar-refractivity contribution in [3.63, 3.8) is 0 Å². The first-order valence-corrected chi connectivity index (χ1v) is 12.8. The lowest BCUT2D eigenvalue weighted by Crippen LogP contribution is -2.40. The van der Waals surface area contributed by atoms with E-state index in [1.807, 2.05) is 39.0 Å². The number of likely N-dealkylation sites (N-methyl/N-ethyl adjacent to an activating group) is 1. The zero-order chi connectivity index (χ0) is 24.9. The van der Waals surface area contributed by atoms with Crippen LogP contribution in [0.15, 0.2) is 52.4 Å². The Labute approximate surface area is 214 Å². The number of hydrogen-bond acceptors (Lipinski definition) is 6. The van der Waals surface area contributed by atoms with Crippen molar-refractivity contribution in [1.82, 2.24) is 9.80 Å². The molecule has 2 aliphatic rings. The minimum Gasteiger partial charge on any atom is -0.490 e. The molecule has 2 aliphatic heterocycles. The van der Waals surface area contributed by atoms with E-state index in [2.05, 4.69) is 0 Å². The molecule has 0 radical (unpaired) electrons. The Hall–Kier alpha value is -2.81. The summed E-state index contributed by atoms with van der Waals surface area (Å²) in [5.74, 6) is 0.484. The van der Waals surface area contributed by atoms with Crippen LogP contribution in [0.2, 0.25) is 5.02 Å². The number of carbonyl (C=O) groups is 2. The maximum Gasteiger partial charge on any atom is 0.266 e. The summed E-state index contributed by atoms with van der Waals surface area (Å²) < 4.78 is 11.2. The van der Waals surface area contributed by atoms with Gasteiger partial charge in [-0.15, -0.1) is 0 Å².